The molecule has 0 unspecified atom stereocenters. The fraction of sp³-hybridized carbons (Fsp3) is 0.404. The third-order valence-corrected chi connectivity index (χ3v) is 12.2. The molecule has 338 valence electrons. The van der Waals surface area contributed by atoms with Crippen LogP contribution in [0.4, 0.5) is 21.0 Å². The Morgan fingerprint density at radius 2 is 1.03 bits per heavy atom. The summed E-state index contributed by atoms with van der Waals surface area (Å²) in [6.45, 7) is 14.9. The molecule has 2 aromatic heterocycles. The number of pyridine rings is 2. The lowest BCUT2D eigenvalue weighted by atomic mass is 9.71. The largest absolute Gasteiger partial charge is 0.341 e. The molecule has 4 N–H and O–H groups in total. The van der Waals surface area contributed by atoms with Crippen LogP contribution in [0.3, 0.4) is 0 Å². The Morgan fingerprint density at radius 1 is 0.609 bits per heavy atom. The number of anilines is 2. The van der Waals surface area contributed by atoms with Crippen LogP contribution in [0.5, 0.6) is 0 Å². The Kier molecular flexibility index (Phi) is 17.4. The van der Waals surface area contributed by atoms with Crippen molar-refractivity contribution in [2.24, 2.45) is 5.92 Å². The Balaban J connectivity index is 0.000000223. The molecule has 2 saturated heterocycles. The Bertz CT molecular complexity index is 2200. The number of nitrogens with zero attached hydrogens (tertiary/aromatic N) is 5. The van der Waals surface area contributed by atoms with Crippen molar-refractivity contribution in [3.63, 3.8) is 0 Å². The van der Waals surface area contributed by atoms with E-state index < -0.39 is 5.41 Å². The van der Waals surface area contributed by atoms with Crippen LogP contribution >= 0.6 is 0 Å². The first-order valence-corrected chi connectivity index (χ1v) is 22.8. The van der Waals surface area contributed by atoms with Gasteiger partial charge >= 0.3 is 12.1 Å². The van der Waals surface area contributed by atoms with Crippen LogP contribution in [0.2, 0.25) is 0 Å². The summed E-state index contributed by atoms with van der Waals surface area (Å²) in [5, 5.41) is 11.7. The van der Waals surface area contributed by atoms with Gasteiger partial charge in [-0.2, -0.15) is 0 Å². The van der Waals surface area contributed by atoms with Crippen LogP contribution in [-0.4, -0.2) is 102 Å². The minimum atomic E-state index is -0.539. The van der Waals surface area contributed by atoms with Crippen LogP contribution in [-0.2, 0) is 23.2 Å². The summed E-state index contributed by atoms with van der Waals surface area (Å²) in [7, 11) is 1.90. The molecule has 12 heteroatoms. The molecule has 3 aromatic carbocycles. The normalized spacial score (nSPS) is 15.3. The maximum Gasteiger partial charge on any atom is 0.319 e. The highest BCUT2D eigenvalue weighted by atomic mass is 16.2. The Hall–Kier alpha value is -6.11. The predicted molar refractivity (Wildman–Crippen MR) is 257 cm³/mol. The van der Waals surface area contributed by atoms with Gasteiger partial charge in [0.2, 0.25) is 5.91 Å². The van der Waals surface area contributed by atoms with E-state index >= 15 is 0 Å². The Morgan fingerprint density at radius 3 is 1.50 bits per heavy atom. The Labute approximate surface area is 380 Å². The molecule has 2 fully saturated rings. The number of urea groups is 2. The van der Waals surface area contributed by atoms with Gasteiger partial charge in [-0.3, -0.25) is 14.8 Å². The van der Waals surface area contributed by atoms with Crippen LogP contribution < -0.4 is 21.3 Å². The minimum Gasteiger partial charge on any atom is -0.341 e. The molecular weight excluding hydrogens is 799 g/mol. The molecular formula is C52H67N9O3. The van der Waals surface area contributed by atoms with E-state index in [0.717, 1.165) is 103 Å². The van der Waals surface area contributed by atoms with Gasteiger partial charge in [0.1, 0.15) is 0 Å². The number of likely N-dealkylation sites (N-methyl/N-ethyl adjacent to an activating group) is 1. The molecule has 0 saturated carbocycles. The topological polar surface area (TPSA) is 135 Å². The van der Waals surface area contributed by atoms with Gasteiger partial charge in [0.25, 0.3) is 0 Å². The molecule has 0 spiro atoms. The van der Waals surface area contributed by atoms with E-state index in [1.807, 2.05) is 100 Å². The number of hydrogen-bond acceptors (Lipinski definition) is 7. The van der Waals surface area contributed by atoms with E-state index in [2.05, 4.69) is 95.6 Å². The van der Waals surface area contributed by atoms with Gasteiger partial charge < -0.3 is 36.0 Å². The van der Waals surface area contributed by atoms with Crippen LogP contribution in [0.25, 0.3) is 0 Å². The zero-order valence-corrected chi connectivity index (χ0v) is 38.4. The smallest absolute Gasteiger partial charge is 0.319 e. The van der Waals surface area contributed by atoms with Crippen molar-refractivity contribution in [1.82, 2.24) is 35.3 Å². The van der Waals surface area contributed by atoms with Gasteiger partial charge in [0.05, 0.1) is 5.41 Å². The molecule has 0 radical (unpaired) electrons. The minimum absolute atomic E-state index is 0.154. The number of aromatic nitrogens is 2. The molecule has 0 aliphatic carbocycles. The molecule has 0 bridgehead atoms. The number of aryl methyl sites for hydroxylation is 4. The first kappa shape index (κ1) is 47.4. The molecule has 5 amide bonds. The lowest BCUT2D eigenvalue weighted by molar-refractivity contribution is -0.138. The van der Waals surface area contributed by atoms with Crippen molar-refractivity contribution in [3.8, 4) is 0 Å². The number of piperidine rings is 2. The summed E-state index contributed by atoms with van der Waals surface area (Å²) in [5.41, 5.74) is 8.20. The summed E-state index contributed by atoms with van der Waals surface area (Å²) in [4.78, 5) is 53.6. The van der Waals surface area contributed by atoms with Crippen molar-refractivity contribution in [3.05, 3.63) is 155 Å². The third-order valence-electron chi connectivity index (χ3n) is 12.2. The lowest BCUT2D eigenvalue weighted by Gasteiger charge is -2.43. The number of nitrogens with one attached hydrogen (secondary N) is 4. The number of carbonyl (C=O) groups is 3. The molecule has 4 heterocycles. The first-order valence-electron chi connectivity index (χ1n) is 22.8. The second-order valence-electron chi connectivity index (χ2n) is 17.5. The monoisotopic (exact) mass is 866 g/mol. The molecule has 5 aromatic rings. The van der Waals surface area contributed by atoms with Gasteiger partial charge in [-0.1, -0.05) is 91.0 Å². The maximum atomic E-state index is 13.9. The van der Waals surface area contributed by atoms with Gasteiger partial charge in [0.15, 0.2) is 0 Å². The summed E-state index contributed by atoms with van der Waals surface area (Å²) >= 11 is 0. The van der Waals surface area contributed by atoms with Crippen LogP contribution in [0, 0.1) is 33.6 Å². The standard InChI is InChI=1S/C30H37N5O2.C22H30N4O/c1-23-20-27(21-24(2)32-23)33-29(37)31-16-19-35-17-14-30(15-18-35,26-12-8-5-9-13-26)28(36)34(3)22-25-10-6-4-7-11-25;1-17-14-21(15-18(2)24-17)25-22(27)23-10-13-26-11-8-20(9-12-26)16-19-6-4-3-5-7-19/h4-13,20-21H,14-19,22H2,1-3H3,(H2,31,32,33,37);3-7,14-15,20H,8-13,16H2,1-2H3,(H2,23,24,25,27). The first-order chi connectivity index (χ1) is 30.9. The second-order valence-corrected chi connectivity index (χ2v) is 17.5. The highest BCUT2D eigenvalue weighted by molar-refractivity contribution is 5.90. The zero-order chi connectivity index (χ0) is 45.3. The van der Waals surface area contributed by atoms with Gasteiger partial charge in [0, 0.05) is 73.9 Å². The number of hydrogen-bond donors (Lipinski definition) is 4. The molecule has 64 heavy (non-hydrogen) atoms. The van der Waals surface area contributed by atoms with E-state index in [1.54, 1.807) is 0 Å². The summed E-state index contributed by atoms with van der Waals surface area (Å²) in [6.07, 6.45) is 5.14. The van der Waals surface area contributed by atoms with Gasteiger partial charge in [-0.15, -0.1) is 0 Å². The quantitative estimate of drug-likeness (QED) is 0.0883. The zero-order valence-electron chi connectivity index (χ0n) is 38.4. The van der Waals surface area contributed by atoms with E-state index in [-0.39, 0.29) is 18.0 Å². The van der Waals surface area contributed by atoms with Gasteiger partial charge in [-0.25, -0.2) is 9.59 Å². The number of benzene rings is 3. The fourth-order valence-electron chi connectivity index (χ4n) is 9.02. The average molecular weight is 866 g/mol. The van der Waals surface area contributed by atoms with E-state index in [1.165, 1.54) is 24.8 Å². The van der Waals surface area contributed by atoms with E-state index in [4.69, 9.17) is 0 Å². The number of amides is 5. The predicted octanol–water partition coefficient (Wildman–Crippen LogP) is 8.29. The van der Waals surface area contributed by atoms with Crippen LogP contribution in [0.15, 0.2) is 115 Å². The molecule has 0 atom stereocenters. The van der Waals surface area contributed by atoms with Gasteiger partial charge in [-0.05, 0) is 133 Å². The third kappa shape index (κ3) is 14.5. The van der Waals surface area contributed by atoms with E-state index in [0.29, 0.717) is 19.6 Å². The average Bonchev–Trinajstić information content (AvgIpc) is 3.27. The van der Waals surface area contributed by atoms with Crippen molar-refractivity contribution in [2.75, 3.05) is 70.0 Å². The summed E-state index contributed by atoms with van der Waals surface area (Å²) in [6, 6.07) is 38.2. The highest BCUT2D eigenvalue weighted by Crippen LogP contribution is 2.37. The second kappa shape index (κ2) is 23.5. The highest BCUT2D eigenvalue weighted by Gasteiger charge is 2.44. The van der Waals surface area contributed by atoms with Crippen molar-refractivity contribution in [1.29, 1.82) is 0 Å². The number of carbonyl (C=O) groups excluding carboxylic acids is 3. The maximum absolute atomic E-state index is 13.9. The van der Waals surface area contributed by atoms with Crippen molar-refractivity contribution in [2.45, 2.75) is 71.8 Å². The summed E-state index contributed by atoms with van der Waals surface area (Å²) in [5.74, 6) is 0.945. The summed E-state index contributed by atoms with van der Waals surface area (Å²) < 4.78 is 0. The molecule has 2 aliphatic rings. The van der Waals surface area contributed by atoms with E-state index in [9.17, 15) is 14.4 Å². The molecule has 7 rings (SSSR count). The SMILES string of the molecule is Cc1cc(NC(=O)NCCN2CCC(C(=O)N(C)Cc3ccccc3)(c3ccccc3)CC2)cc(C)n1.Cc1cc(NC(=O)NCCN2CCC(Cc3ccccc3)CC2)cc(C)n1. The molecule has 2 aliphatic heterocycles. The fourth-order valence-corrected chi connectivity index (χ4v) is 9.02. The number of likely N-dealkylation sites (tertiary alicyclic amines) is 2. The number of rotatable bonds is 14. The lowest BCUT2D eigenvalue weighted by Crippen LogP contribution is -2.52. The van der Waals surface area contributed by atoms with Crippen molar-refractivity contribution < 1.29 is 14.4 Å². The molecule has 12 nitrogen and oxygen atoms in total. The van der Waals surface area contributed by atoms with Crippen LogP contribution in [0.1, 0.15) is 65.1 Å². The van der Waals surface area contributed by atoms with Crippen molar-refractivity contribution >= 4 is 29.3 Å².